The summed E-state index contributed by atoms with van der Waals surface area (Å²) in [5, 5.41) is 18.6. The molecule has 6 heterocycles. The number of aryl methyl sites for hydroxylation is 2. The number of halogens is 2. The van der Waals surface area contributed by atoms with Gasteiger partial charge in [-0.1, -0.05) is 25.7 Å². The molecule has 2 aliphatic rings. The zero-order valence-electron chi connectivity index (χ0n) is 33.6. The Morgan fingerprint density at radius 2 is 1.10 bits per heavy atom. The molecule has 0 bridgehead atoms. The van der Waals surface area contributed by atoms with Crippen LogP contribution in [0.4, 0.5) is 21.6 Å². The van der Waals surface area contributed by atoms with E-state index < -0.39 is 5.97 Å². The van der Waals surface area contributed by atoms with Crippen LogP contribution < -0.4 is 20.9 Å². The van der Waals surface area contributed by atoms with Crippen molar-refractivity contribution in [2.24, 2.45) is 0 Å². The molecule has 312 valence electrons. The Hall–Kier alpha value is -3.94. The lowest BCUT2D eigenvalue weighted by Gasteiger charge is -2.18. The molecule has 0 atom stereocenters. The number of nitrogens with zero attached hydrogens (tertiary/aromatic N) is 6. The largest absolute Gasteiger partial charge is 0.477 e. The van der Waals surface area contributed by atoms with Gasteiger partial charge in [0.2, 0.25) is 0 Å². The van der Waals surface area contributed by atoms with Crippen molar-refractivity contribution in [3.63, 3.8) is 0 Å². The summed E-state index contributed by atoms with van der Waals surface area (Å²) in [6.45, 7) is 9.40. The number of carboxylic acids is 1. The number of carboxylic acid groups (broad SMARTS) is 1. The number of hydrogen-bond acceptors (Lipinski definition) is 9. The number of thiazole rings is 2. The van der Waals surface area contributed by atoms with Gasteiger partial charge in [-0.05, 0) is 157 Å². The Morgan fingerprint density at radius 3 is 1.54 bits per heavy atom. The Morgan fingerprint density at radius 1 is 0.678 bits per heavy atom. The Bertz CT molecular complexity index is 2230. The van der Waals surface area contributed by atoms with Crippen molar-refractivity contribution >= 4 is 101 Å². The third-order valence-electron chi connectivity index (χ3n) is 9.99. The van der Waals surface area contributed by atoms with E-state index in [2.05, 4.69) is 65.7 Å². The van der Waals surface area contributed by atoms with E-state index in [9.17, 15) is 14.7 Å². The van der Waals surface area contributed by atoms with Crippen LogP contribution in [0.1, 0.15) is 94.9 Å². The summed E-state index contributed by atoms with van der Waals surface area (Å²) >= 11 is 7.87. The highest BCUT2D eigenvalue weighted by Gasteiger charge is 2.18. The Labute approximate surface area is 382 Å². The fraction of sp³-hybridized carbons (Fsp3) is 0.364. The summed E-state index contributed by atoms with van der Waals surface area (Å²) in [5.41, 5.74) is 12.0. The molecule has 15 heteroatoms. The molecule has 2 aliphatic heterocycles. The summed E-state index contributed by atoms with van der Waals surface area (Å²) < 4.78 is 6.12. The number of carbonyl (C=O) groups excluding carboxylic acids is 1. The first-order chi connectivity index (χ1) is 28.5. The number of rotatable bonds is 9. The van der Waals surface area contributed by atoms with Gasteiger partial charge in [0.25, 0.3) is 5.91 Å². The van der Waals surface area contributed by atoms with E-state index in [-0.39, 0.29) is 5.91 Å². The van der Waals surface area contributed by atoms with Gasteiger partial charge in [0.1, 0.15) is 11.4 Å². The predicted molar refractivity (Wildman–Crippen MR) is 260 cm³/mol. The van der Waals surface area contributed by atoms with Crippen molar-refractivity contribution in [1.82, 2.24) is 19.1 Å². The third kappa shape index (κ3) is 13.5. The van der Waals surface area contributed by atoms with Crippen LogP contribution in [0.5, 0.6) is 0 Å². The number of carbonyl (C=O) groups is 2. The first kappa shape index (κ1) is 44.6. The van der Waals surface area contributed by atoms with Crippen molar-refractivity contribution < 1.29 is 14.7 Å². The molecule has 0 spiro atoms. The van der Waals surface area contributed by atoms with Crippen molar-refractivity contribution in [1.29, 1.82) is 0 Å². The topological polar surface area (TPSA) is 135 Å². The summed E-state index contributed by atoms with van der Waals surface area (Å²) in [4.78, 5) is 38.5. The maximum Gasteiger partial charge on any atom is 0.352 e. The van der Waals surface area contributed by atoms with Crippen molar-refractivity contribution in [2.45, 2.75) is 78.3 Å². The number of amides is 1. The van der Waals surface area contributed by atoms with Gasteiger partial charge in [0.15, 0.2) is 10.3 Å². The van der Waals surface area contributed by atoms with Crippen LogP contribution in [-0.4, -0.2) is 62.3 Å². The number of anilines is 4. The highest BCUT2D eigenvalue weighted by Crippen LogP contribution is 2.26. The average molecular weight is 1060 g/mol. The summed E-state index contributed by atoms with van der Waals surface area (Å²) in [6.07, 6.45) is 14.1. The highest BCUT2D eigenvalue weighted by molar-refractivity contribution is 14.1. The molecule has 2 aromatic carbocycles. The quantitative estimate of drug-likeness (QED) is 0.0963. The van der Waals surface area contributed by atoms with E-state index in [0.717, 1.165) is 73.9 Å². The Balaban J connectivity index is 0.000000171. The SMILES string of the molecule is Cc1cc(C(=O)Nc2ccc(I)cc2)n(Cc2csc(N3CCCCCC3)n2)c1.Cc1cc(C(=O)O)n(Cc2csc(N3CCCCCC3)n2)c1.Nc1ccc(I)cc1. The standard InChI is InChI=1S/C22H25IN4OS.C16H21N3O2S.C6H6IN/c1-16-12-20(21(28)24-18-8-6-17(23)7-9-18)27(13-16)14-19-15-29-22(25-19)26-10-4-2-3-5-11-26;1-12-8-14(15(20)21)19(9-12)10-13-11-22-16(17-13)18-6-4-2-3-5-7-18;7-5-1-3-6(8)4-2-5/h6-9,12-13,15H,2-5,10-11,14H2,1H3,(H,24,28);8-9,11H,2-7,10H2,1H3,(H,20,21);1-4H,8H2. The molecule has 0 radical (unpaired) electrons. The molecule has 1 amide bonds. The molecule has 0 saturated carbocycles. The van der Waals surface area contributed by atoms with E-state index >= 15 is 0 Å². The molecule has 11 nitrogen and oxygen atoms in total. The number of hydrogen-bond donors (Lipinski definition) is 3. The molecule has 0 aliphatic carbocycles. The fourth-order valence-corrected chi connectivity index (χ4v) is 9.50. The summed E-state index contributed by atoms with van der Waals surface area (Å²) in [6, 6.07) is 19.2. The van der Waals surface area contributed by atoms with Crippen LogP contribution in [0, 0.1) is 21.0 Å². The van der Waals surface area contributed by atoms with Gasteiger partial charge in [0, 0.05) is 67.8 Å². The van der Waals surface area contributed by atoms with Crippen LogP contribution in [0.2, 0.25) is 0 Å². The smallest absolute Gasteiger partial charge is 0.352 e. The maximum atomic E-state index is 12.9. The van der Waals surface area contributed by atoms with Crippen molar-refractivity contribution in [2.75, 3.05) is 47.0 Å². The number of benzene rings is 2. The first-order valence-corrected chi connectivity index (χ1v) is 24.0. The van der Waals surface area contributed by atoms with Crippen LogP contribution in [-0.2, 0) is 13.1 Å². The van der Waals surface area contributed by atoms with Crippen LogP contribution >= 0.6 is 67.9 Å². The lowest BCUT2D eigenvalue weighted by Crippen LogP contribution is -2.23. The maximum absolute atomic E-state index is 12.9. The number of aromatic nitrogens is 4. The monoisotopic (exact) mass is 1060 g/mol. The van der Waals surface area contributed by atoms with Crippen molar-refractivity contribution in [3.8, 4) is 0 Å². The molecule has 2 saturated heterocycles. The molecule has 2 fully saturated rings. The van der Waals surface area contributed by atoms with Gasteiger partial charge >= 0.3 is 5.97 Å². The Kier molecular flexibility index (Phi) is 16.7. The lowest BCUT2D eigenvalue weighted by molar-refractivity contribution is 0.0685. The number of aromatic carboxylic acids is 1. The second-order valence-electron chi connectivity index (χ2n) is 14.9. The first-order valence-electron chi connectivity index (χ1n) is 20.0. The minimum Gasteiger partial charge on any atom is -0.477 e. The van der Waals surface area contributed by atoms with Crippen molar-refractivity contribution in [3.05, 3.63) is 125 Å². The summed E-state index contributed by atoms with van der Waals surface area (Å²) in [5.74, 6) is -0.988. The molecule has 6 aromatic rings. The minimum atomic E-state index is -0.893. The van der Waals surface area contributed by atoms with Crippen LogP contribution in [0.25, 0.3) is 0 Å². The number of nitrogens with one attached hydrogen (secondary N) is 1. The third-order valence-corrected chi connectivity index (χ3v) is 13.3. The lowest BCUT2D eigenvalue weighted by atomic mass is 10.2. The number of nitrogen functional groups attached to an aromatic ring is 1. The molecule has 8 rings (SSSR count). The minimum absolute atomic E-state index is 0.0951. The van der Waals surface area contributed by atoms with Gasteiger partial charge in [-0.15, -0.1) is 22.7 Å². The second-order valence-corrected chi connectivity index (χ2v) is 19.1. The summed E-state index contributed by atoms with van der Waals surface area (Å²) in [7, 11) is 0. The normalized spacial score (nSPS) is 14.3. The molecular formula is C44H52I2N8O3S2. The van der Waals surface area contributed by atoms with E-state index in [1.807, 2.05) is 90.8 Å². The van der Waals surface area contributed by atoms with E-state index in [1.165, 1.54) is 54.9 Å². The van der Waals surface area contributed by atoms with E-state index in [4.69, 9.17) is 15.7 Å². The van der Waals surface area contributed by atoms with Gasteiger partial charge in [0.05, 0.1) is 24.5 Å². The predicted octanol–water partition coefficient (Wildman–Crippen LogP) is 10.8. The highest BCUT2D eigenvalue weighted by atomic mass is 127. The van der Waals surface area contributed by atoms with Gasteiger partial charge in [-0.25, -0.2) is 14.8 Å². The zero-order chi connectivity index (χ0) is 41.7. The van der Waals surface area contributed by atoms with Gasteiger partial charge in [-0.2, -0.15) is 0 Å². The molecule has 4 N–H and O–H groups in total. The molecule has 4 aromatic heterocycles. The zero-order valence-corrected chi connectivity index (χ0v) is 39.5. The molecule has 59 heavy (non-hydrogen) atoms. The number of nitrogens with two attached hydrogens (primary N) is 1. The van der Waals surface area contributed by atoms with E-state index in [1.54, 1.807) is 33.3 Å². The average Bonchev–Trinajstić information content (AvgIpc) is 3.94. The van der Waals surface area contributed by atoms with Gasteiger partial charge < -0.3 is 35.1 Å². The van der Waals surface area contributed by atoms with E-state index in [0.29, 0.717) is 24.5 Å². The van der Waals surface area contributed by atoms with Crippen LogP contribution in [0.15, 0.2) is 83.8 Å². The molecular weight excluding hydrogens is 1010 g/mol. The second kappa shape index (κ2) is 22.1. The molecule has 0 unspecified atom stereocenters. The van der Waals surface area contributed by atoms with Gasteiger partial charge in [-0.3, -0.25) is 4.79 Å². The van der Waals surface area contributed by atoms with Crippen LogP contribution in [0.3, 0.4) is 0 Å². The fourth-order valence-electron chi connectivity index (χ4n) is 7.04.